The molecule has 0 radical (unpaired) electrons. The Morgan fingerprint density at radius 3 is 2.71 bits per heavy atom. The van der Waals surface area contributed by atoms with Crippen LogP contribution in [0.3, 0.4) is 0 Å². The third-order valence-corrected chi connectivity index (χ3v) is 5.53. The lowest BCUT2D eigenvalue weighted by Gasteiger charge is -2.25. The molecule has 0 fully saturated rings. The summed E-state index contributed by atoms with van der Waals surface area (Å²) < 4.78 is 0. The molecule has 0 amide bonds. The van der Waals surface area contributed by atoms with Crippen molar-refractivity contribution < 1.29 is 0 Å². The van der Waals surface area contributed by atoms with E-state index >= 15 is 0 Å². The van der Waals surface area contributed by atoms with Gasteiger partial charge in [-0.3, -0.25) is 0 Å². The van der Waals surface area contributed by atoms with E-state index in [1.807, 2.05) is 17.5 Å². The van der Waals surface area contributed by atoms with E-state index in [1.165, 1.54) is 33.9 Å². The van der Waals surface area contributed by atoms with Crippen LogP contribution in [0.15, 0.2) is 30.5 Å². The summed E-state index contributed by atoms with van der Waals surface area (Å²) in [7, 11) is 0. The molecule has 0 saturated carbocycles. The first-order valence-electron chi connectivity index (χ1n) is 7.78. The number of hydrogen-bond donors (Lipinski definition) is 1. The Labute approximate surface area is 131 Å². The molecule has 1 heterocycles. The first-order valence-corrected chi connectivity index (χ1v) is 8.59. The van der Waals surface area contributed by atoms with Crippen LogP contribution in [-0.4, -0.2) is 11.0 Å². The summed E-state index contributed by atoms with van der Waals surface area (Å²) in [5.41, 5.74) is 3.21. The summed E-state index contributed by atoms with van der Waals surface area (Å²) in [5, 5.41) is 4.94. The first kappa shape index (κ1) is 14.7. The van der Waals surface area contributed by atoms with Crippen LogP contribution in [0, 0.1) is 0 Å². The Morgan fingerprint density at radius 2 is 2.00 bits per heavy atom. The topological polar surface area (TPSA) is 24.9 Å². The number of hydrogen-bond acceptors (Lipinski definition) is 3. The maximum Gasteiger partial charge on any atom is 0.0981 e. The molecule has 1 N–H and O–H groups in total. The van der Waals surface area contributed by atoms with E-state index in [4.69, 9.17) is 0 Å². The highest BCUT2D eigenvalue weighted by molar-refractivity contribution is 7.11. The highest BCUT2D eigenvalue weighted by Gasteiger charge is 2.20. The third kappa shape index (κ3) is 3.53. The number of nitrogens with zero attached hydrogens (tertiary/aromatic N) is 1. The standard InChI is InChI=1S/C18H24N2S/c1-18(2,3)17-20-12-16(21-17)11-19-15-9-8-13-6-4-5-7-14(13)10-15/h4-7,12,15,19H,8-11H2,1-3H3. The van der Waals surface area contributed by atoms with E-state index < -0.39 is 0 Å². The van der Waals surface area contributed by atoms with Crippen molar-refractivity contribution in [3.8, 4) is 0 Å². The SMILES string of the molecule is CC(C)(C)c1ncc(CNC2CCc3ccccc3C2)s1. The maximum atomic E-state index is 4.57. The number of benzene rings is 1. The predicted molar refractivity (Wildman–Crippen MR) is 89.9 cm³/mol. The summed E-state index contributed by atoms with van der Waals surface area (Å²) in [5.74, 6) is 0. The highest BCUT2D eigenvalue weighted by atomic mass is 32.1. The zero-order valence-electron chi connectivity index (χ0n) is 13.1. The van der Waals surface area contributed by atoms with Crippen LogP contribution in [0.1, 0.15) is 48.2 Å². The van der Waals surface area contributed by atoms with Crippen LogP contribution in [0.25, 0.3) is 0 Å². The molecule has 1 aromatic carbocycles. The fourth-order valence-corrected chi connectivity index (χ4v) is 3.77. The average Bonchev–Trinajstić information content (AvgIpc) is 2.94. The Hall–Kier alpha value is -1.19. The summed E-state index contributed by atoms with van der Waals surface area (Å²) in [6, 6.07) is 9.44. The molecule has 0 aliphatic heterocycles. The quantitative estimate of drug-likeness (QED) is 0.923. The van der Waals surface area contributed by atoms with E-state index in [-0.39, 0.29) is 5.41 Å². The van der Waals surface area contributed by atoms with Crippen molar-refractivity contribution in [1.82, 2.24) is 10.3 Å². The van der Waals surface area contributed by atoms with E-state index in [0.717, 1.165) is 13.0 Å². The summed E-state index contributed by atoms with van der Waals surface area (Å²) in [6.45, 7) is 7.61. The molecule has 0 bridgehead atoms. The van der Waals surface area contributed by atoms with Gasteiger partial charge in [-0.2, -0.15) is 0 Å². The van der Waals surface area contributed by atoms with Crippen LogP contribution < -0.4 is 5.32 Å². The molecule has 3 heteroatoms. The Bertz CT molecular complexity index is 610. The lowest BCUT2D eigenvalue weighted by molar-refractivity contribution is 0.459. The van der Waals surface area contributed by atoms with Gasteiger partial charge in [-0.05, 0) is 30.4 Å². The van der Waals surface area contributed by atoms with Gasteiger partial charge in [0.1, 0.15) is 0 Å². The molecule has 1 aromatic heterocycles. The molecule has 0 saturated heterocycles. The van der Waals surface area contributed by atoms with Crippen molar-refractivity contribution in [3.63, 3.8) is 0 Å². The maximum absolute atomic E-state index is 4.57. The second-order valence-electron chi connectivity index (χ2n) is 6.97. The molecule has 3 rings (SSSR count). The second kappa shape index (κ2) is 5.90. The van der Waals surface area contributed by atoms with Gasteiger partial charge in [0.05, 0.1) is 5.01 Å². The number of thiazole rings is 1. The van der Waals surface area contributed by atoms with Gasteiger partial charge in [-0.1, -0.05) is 45.0 Å². The average molecular weight is 300 g/mol. The van der Waals surface area contributed by atoms with Crippen molar-refractivity contribution in [3.05, 3.63) is 51.5 Å². The minimum absolute atomic E-state index is 0.159. The van der Waals surface area contributed by atoms with Crippen LogP contribution >= 0.6 is 11.3 Å². The molecule has 2 nitrogen and oxygen atoms in total. The highest BCUT2D eigenvalue weighted by Crippen LogP contribution is 2.27. The normalized spacial score (nSPS) is 18.5. The van der Waals surface area contributed by atoms with Gasteiger partial charge in [0, 0.05) is 29.1 Å². The zero-order valence-corrected chi connectivity index (χ0v) is 14.0. The van der Waals surface area contributed by atoms with E-state index in [2.05, 4.69) is 55.3 Å². The summed E-state index contributed by atoms with van der Waals surface area (Å²) in [6.07, 6.45) is 5.63. The second-order valence-corrected chi connectivity index (χ2v) is 8.09. The van der Waals surface area contributed by atoms with Gasteiger partial charge in [-0.25, -0.2) is 4.98 Å². The molecular weight excluding hydrogens is 276 g/mol. The Morgan fingerprint density at radius 1 is 1.24 bits per heavy atom. The fraction of sp³-hybridized carbons (Fsp3) is 0.500. The molecule has 1 aliphatic rings. The van der Waals surface area contributed by atoms with Gasteiger partial charge in [0.15, 0.2) is 0 Å². The zero-order chi connectivity index (χ0) is 14.9. The van der Waals surface area contributed by atoms with E-state index in [1.54, 1.807) is 0 Å². The number of fused-ring (bicyclic) bond motifs is 1. The van der Waals surface area contributed by atoms with Crippen molar-refractivity contribution in [2.75, 3.05) is 0 Å². The van der Waals surface area contributed by atoms with Crippen LogP contribution in [0.4, 0.5) is 0 Å². The molecule has 2 aromatic rings. The van der Waals surface area contributed by atoms with Crippen molar-refractivity contribution in [2.45, 2.75) is 58.0 Å². The molecule has 0 spiro atoms. The van der Waals surface area contributed by atoms with Crippen molar-refractivity contribution in [1.29, 1.82) is 0 Å². The Kier molecular flexibility index (Phi) is 4.14. The minimum atomic E-state index is 0.159. The molecule has 1 atom stereocenters. The van der Waals surface area contributed by atoms with Gasteiger partial charge in [-0.15, -0.1) is 11.3 Å². The third-order valence-electron chi connectivity index (χ3n) is 4.11. The van der Waals surface area contributed by atoms with E-state index in [0.29, 0.717) is 6.04 Å². The predicted octanol–water partition coefficient (Wildman–Crippen LogP) is 4.09. The molecule has 112 valence electrons. The van der Waals surface area contributed by atoms with Gasteiger partial charge in [0.2, 0.25) is 0 Å². The largest absolute Gasteiger partial charge is 0.309 e. The molecule has 21 heavy (non-hydrogen) atoms. The first-order chi connectivity index (χ1) is 10.0. The Balaban J connectivity index is 1.58. The van der Waals surface area contributed by atoms with Gasteiger partial charge in [0.25, 0.3) is 0 Å². The van der Waals surface area contributed by atoms with Crippen LogP contribution in [-0.2, 0) is 24.8 Å². The van der Waals surface area contributed by atoms with E-state index in [9.17, 15) is 0 Å². The smallest absolute Gasteiger partial charge is 0.0981 e. The number of aryl methyl sites for hydroxylation is 1. The lowest BCUT2D eigenvalue weighted by atomic mass is 9.88. The van der Waals surface area contributed by atoms with Gasteiger partial charge < -0.3 is 5.32 Å². The lowest BCUT2D eigenvalue weighted by Crippen LogP contribution is -2.33. The van der Waals surface area contributed by atoms with Crippen molar-refractivity contribution in [2.24, 2.45) is 0 Å². The van der Waals surface area contributed by atoms with Crippen molar-refractivity contribution >= 4 is 11.3 Å². The number of nitrogens with one attached hydrogen (secondary N) is 1. The molecule has 1 aliphatic carbocycles. The van der Waals surface area contributed by atoms with Crippen LogP contribution in [0.5, 0.6) is 0 Å². The molecule has 1 unspecified atom stereocenters. The minimum Gasteiger partial charge on any atom is -0.309 e. The summed E-state index contributed by atoms with van der Waals surface area (Å²) >= 11 is 1.84. The number of rotatable bonds is 3. The number of aromatic nitrogens is 1. The fourth-order valence-electron chi connectivity index (χ4n) is 2.85. The van der Waals surface area contributed by atoms with Crippen LogP contribution in [0.2, 0.25) is 0 Å². The monoisotopic (exact) mass is 300 g/mol. The van der Waals surface area contributed by atoms with Gasteiger partial charge >= 0.3 is 0 Å². The molecular formula is C18H24N2S. The summed E-state index contributed by atoms with van der Waals surface area (Å²) in [4.78, 5) is 5.91.